The van der Waals surface area contributed by atoms with Crippen molar-refractivity contribution in [3.63, 3.8) is 0 Å². The van der Waals surface area contributed by atoms with Crippen LogP contribution in [0.4, 0.5) is 0 Å². The Balaban J connectivity index is 2.08. The van der Waals surface area contributed by atoms with Crippen LogP contribution in [-0.4, -0.2) is 42.6 Å². The number of halogens is 1. The molecule has 1 unspecified atom stereocenters. The monoisotopic (exact) mass is 278 g/mol. The lowest BCUT2D eigenvalue weighted by Gasteiger charge is -2.20. The molecular weight excluding hydrogens is 260 g/mol. The average molecular weight is 279 g/mol. The molecule has 102 valence electrons. The van der Waals surface area contributed by atoms with E-state index in [1.165, 1.54) is 10.9 Å². The summed E-state index contributed by atoms with van der Waals surface area (Å²) >= 11 is 6.18. The van der Waals surface area contributed by atoms with Gasteiger partial charge in [-0.1, -0.05) is 24.3 Å². The van der Waals surface area contributed by atoms with Crippen molar-refractivity contribution in [1.82, 2.24) is 9.88 Å². The minimum atomic E-state index is 0.0120. The first-order valence-electron chi connectivity index (χ1n) is 6.35. The van der Waals surface area contributed by atoms with Crippen LogP contribution in [0.5, 0.6) is 0 Å². The zero-order valence-corrected chi connectivity index (χ0v) is 12.1. The maximum Gasteiger partial charge on any atom is 0.0746 e. The van der Waals surface area contributed by atoms with Crippen molar-refractivity contribution in [2.24, 2.45) is 0 Å². The number of hydrogen-bond acceptors (Lipinski definition) is 3. The van der Waals surface area contributed by atoms with E-state index >= 15 is 0 Å². The molecule has 3 nitrogen and oxygen atoms in total. The molecule has 1 atom stereocenters. The summed E-state index contributed by atoms with van der Waals surface area (Å²) < 4.78 is 5.05. The fourth-order valence-corrected chi connectivity index (χ4v) is 2.58. The summed E-state index contributed by atoms with van der Waals surface area (Å²) in [6, 6.07) is 10.3. The van der Waals surface area contributed by atoms with Gasteiger partial charge in [-0.15, -0.1) is 11.6 Å². The molecule has 2 aromatic rings. The minimum Gasteiger partial charge on any atom is -0.383 e. The number of nitrogens with zero attached hydrogens (tertiary/aromatic N) is 2. The van der Waals surface area contributed by atoms with E-state index in [-0.39, 0.29) is 5.38 Å². The highest BCUT2D eigenvalue weighted by Gasteiger charge is 2.10. The van der Waals surface area contributed by atoms with E-state index in [4.69, 9.17) is 16.3 Å². The van der Waals surface area contributed by atoms with Crippen LogP contribution in [0.25, 0.3) is 10.9 Å². The predicted molar refractivity (Wildman–Crippen MR) is 79.6 cm³/mol. The normalized spacial score (nSPS) is 13.1. The van der Waals surface area contributed by atoms with Crippen LogP contribution >= 0.6 is 11.6 Å². The SMILES string of the molecule is COCC(Cl)CN(C)Cc1cccc2cccnc12. The summed E-state index contributed by atoms with van der Waals surface area (Å²) in [5.74, 6) is 0. The zero-order valence-electron chi connectivity index (χ0n) is 11.3. The van der Waals surface area contributed by atoms with Crippen LogP contribution < -0.4 is 0 Å². The summed E-state index contributed by atoms with van der Waals surface area (Å²) in [4.78, 5) is 6.66. The van der Waals surface area contributed by atoms with E-state index in [1.807, 2.05) is 12.3 Å². The molecule has 0 aliphatic carbocycles. The summed E-state index contributed by atoms with van der Waals surface area (Å²) in [5, 5.41) is 1.19. The van der Waals surface area contributed by atoms with Gasteiger partial charge in [-0.3, -0.25) is 4.98 Å². The molecule has 0 amide bonds. The second-order valence-electron chi connectivity index (χ2n) is 4.74. The molecule has 19 heavy (non-hydrogen) atoms. The van der Waals surface area contributed by atoms with Crippen molar-refractivity contribution in [3.05, 3.63) is 42.1 Å². The summed E-state index contributed by atoms with van der Waals surface area (Å²) in [7, 11) is 3.73. The molecule has 0 bridgehead atoms. The summed E-state index contributed by atoms with van der Waals surface area (Å²) in [5.41, 5.74) is 2.29. The molecule has 0 saturated carbocycles. The van der Waals surface area contributed by atoms with Gasteiger partial charge in [-0.25, -0.2) is 0 Å². The highest BCUT2D eigenvalue weighted by Crippen LogP contribution is 2.17. The van der Waals surface area contributed by atoms with Gasteiger partial charge < -0.3 is 9.64 Å². The van der Waals surface area contributed by atoms with Crippen LogP contribution in [0.3, 0.4) is 0 Å². The van der Waals surface area contributed by atoms with Crippen molar-refractivity contribution >= 4 is 22.5 Å². The Hall–Kier alpha value is -1.16. The average Bonchev–Trinajstić information content (AvgIpc) is 2.39. The number of hydrogen-bond donors (Lipinski definition) is 0. The third-order valence-corrected chi connectivity index (χ3v) is 3.28. The summed E-state index contributed by atoms with van der Waals surface area (Å²) in [6.07, 6.45) is 1.83. The van der Waals surface area contributed by atoms with Gasteiger partial charge in [0.25, 0.3) is 0 Å². The van der Waals surface area contributed by atoms with E-state index in [0.717, 1.165) is 18.6 Å². The molecule has 0 spiro atoms. The van der Waals surface area contributed by atoms with Gasteiger partial charge in [-0.2, -0.15) is 0 Å². The van der Waals surface area contributed by atoms with Crippen molar-refractivity contribution < 1.29 is 4.74 Å². The number of alkyl halides is 1. The Bertz CT molecular complexity index is 527. The van der Waals surface area contributed by atoms with Gasteiger partial charge in [0, 0.05) is 31.8 Å². The quantitative estimate of drug-likeness (QED) is 0.760. The van der Waals surface area contributed by atoms with Gasteiger partial charge in [-0.05, 0) is 18.7 Å². The predicted octanol–water partition coefficient (Wildman–Crippen LogP) is 2.92. The fourth-order valence-electron chi connectivity index (χ4n) is 2.22. The number of para-hydroxylation sites is 1. The highest BCUT2D eigenvalue weighted by atomic mass is 35.5. The van der Waals surface area contributed by atoms with Gasteiger partial charge in [0.1, 0.15) is 0 Å². The maximum absolute atomic E-state index is 6.18. The molecule has 1 heterocycles. The van der Waals surface area contributed by atoms with Gasteiger partial charge >= 0.3 is 0 Å². The molecule has 0 N–H and O–H groups in total. The number of ether oxygens (including phenoxy) is 1. The van der Waals surface area contributed by atoms with Crippen molar-refractivity contribution in [3.8, 4) is 0 Å². The molecule has 4 heteroatoms. The fraction of sp³-hybridized carbons (Fsp3) is 0.400. The van der Waals surface area contributed by atoms with E-state index in [2.05, 4.69) is 41.2 Å². The van der Waals surface area contributed by atoms with Crippen LogP contribution in [-0.2, 0) is 11.3 Å². The Labute approximate surface area is 119 Å². The molecule has 0 saturated heterocycles. The van der Waals surface area contributed by atoms with Gasteiger partial charge in [0.2, 0.25) is 0 Å². The lowest BCUT2D eigenvalue weighted by Crippen LogP contribution is -2.28. The lowest BCUT2D eigenvalue weighted by atomic mass is 10.1. The number of rotatable bonds is 6. The first kappa shape index (κ1) is 14.3. The van der Waals surface area contributed by atoms with Crippen LogP contribution in [0.2, 0.25) is 0 Å². The third-order valence-electron chi connectivity index (χ3n) is 3.01. The second-order valence-corrected chi connectivity index (χ2v) is 5.36. The van der Waals surface area contributed by atoms with Gasteiger partial charge in [0.05, 0.1) is 17.5 Å². The molecule has 1 aromatic carbocycles. The number of pyridine rings is 1. The number of benzene rings is 1. The van der Waals surface area contributed by atoms with E-state index in [1.54, 1.807) is 7.11 Å². The van der Waals surface area contributed by atoms with Crippen molar-refractivity contribution in [1.29, 1.82) is 0 Å². The molecule has 2 rings (SSSR count). The molecule has 0 aliphatic heterocycles. The zero-order chi connectivity index (χ0) is 13.7. The van der Waals surface area contributed by atoms with E-state index < -0.39 is 0 Å². The standard InChI is InChI=1S/C15H19ClN2O/c1-18(10-14(16)11-19-2)9-13-6-3-5-12-7-4-8-17-15(12)13/h3-8,14H,9-11H2,1-2H3. The number of methoxy groups -OCH3 is 1. The highest BCUT2D eigenvalue weighted by molar-refractivity contribution is 6.20. The lowest BCUT2D eigenvalue weighted by molar-refractivity contribution is 0.181. The van der Waals surface area contributed by atoms with E-state index in [0.29, 0.717) is 6.61 Å². The smallest absolute Gasteiger partial charge is 0.0746 e. The molecular formula is C15H19ClN2O. The van der Waals surface area contributed by atoms with Crippen LogP contribution in [0.1, 0.15) is 5.56 Å². The van der Waals surface area contributed by atoms with Crippen molar-refractivity contribution in [2.45, 2.75) is 11.9 Å². The number of aromatic nitrogens is 1. The Morgan fingerprint density at radius 2 is 2.11 bits per heavy atom. The van der Waals surface area contributed by atoms with Gasteiger partial charge in [0.15, 0.2) is 0 Å². The second kappa shape index (κ2) is 6.85. The Kier molecular flexibility index (Phi) is 5.14. The van der Waals surface area contributed by atoms with Crippen LogP contribution in [0.15, 0.2) is 36.5 Å². The molecule has 1 aromatic heterocycles. The van der Waals surface area contributed by atoms with Crippen LogP contribution in [0, 0.1) is 0 Å². The Morgan fingerprint density at radius 1 is 1.32 bits per heavy atom. The topological polar surface area (TPSA) is 25.4 Å². The van der Waals surface area contributed by atoms with E-state index in [9.17, 15) is 0 Å². The first-order valence-corrected chi connectivity index (χ1v) is 6.78. The number of fused-ring (bicyclic) bond motifs is 1. The maximum atomic E-state index is 6.18. The third kappa shape index (κ3) is 3.90. The minimum absolute atomic E-state index is 0.0120. The Morgan fingerprint density at radius 3 is 2.89 bits per heavy atom. The van der Waals surface area contributed by atoms with Crippen molar-refractivity contribution in [2.75, 3.05) is 27.3 Å². The first-order chi connectivity index (χ1) is 9.20. The summed E-state index contributed by atoms with van der Waals surface area (Å²) in [6.45, 7) is 2.19. The molecule has 0 radical (unpaired) electrons. The molecule has 0 fully saturated rings. The largest absolute Gasteiger partial charge is 0.383 e. The molecule has 0 aliphatic rings.